The molecule has 1 N–H and O–H groups in total. The van der Waals surface area contributed by atoms with Gasteiger partial charge in [0, 0.05) is 11.3 Å². The van der Waals surface area contributed by atoms with Gasteiger partial charge in [0.25, 0.3) is 5.91 Å². The number of carbonyl (C=O) groups is 2. The van der Waals surface area contributed by atoms with E-state index in [1.54, 1.807) is 6.92 Å². The van der Waals surface area contributed by atoms with Gasteiger partial charge < -0.3 is 5.32 Å². The Hall–Kier alpha value is -2.67. The van der Waals surface area contributed by atoms with Crippen LogP contribution in [0.25, 0.3) is 0 Å². The first-order valence-corrected chi connectivity index (χ1v) is 9.86. The number of amides is 2. The van der Waals surface area contributed by atoms with Crippen LogP contribution in [-0.2, 0) is 14.8 Å². The summed E-state index contributed by atoms with van der Waals surface area (Å²) in [6.07, 6.45) is 0. The molecule has 1 saturated heterocycles. The molecule has 2 amide bonds. The van der Waals surface area contributed by atoms with Crippen LogP contribution < -0.4 is 9.62 Å². The number of hydrogen-bond acceptors (Lipinski definition) is 4. The van der Waals surface area contributed by atoms with E-state index in [4.69, 9.17) is 0 Å². The molecule has 2 aromatic carbocycles. The molecule has 1 heterocycles. The first kappa shape index (κ1) is 18.1. The van der Waals surface area contributed by atoms with Crippen LogP contribution in [0.3, 0.4) is 0 Å². The standard InChI is InChI=1S/C19H20N2O4S/c1-12-5-4-6-13(2)17(12)20-18(22)15-7-9-16(10-8-15)21-19(23)14(3)11-26(21,24)25/h4-10,14H,11H2,1-3H3,(H,20,22)/t14-/m1/s1. The maximum atomic E-state index is 12.5. The Labute approximate surface area is 152 Å². The van der Waals surface area contributed by atoms with Crippen molar-refractivity contribution in [3.05, 3.63) is 59.2 Å². The van der Waals surface area contributed by atoms with Gasteiger partial charge in [0.1, 0.15) is 0 Å². The van der Waals surface area contributed by atoms with Crippen molar-refractivity contribution in [3.8, 4) is 0 Å². The average Bonchev–Trinajstić information content (AvgIpc) is 2.78. The minimum absolute atomic E-state index is 0.194. The molecule has 0 bridgehead atoms. The predicted octanol–water partition coefficient (Wildman–Crippen LogP) is 2.87. The molecule has 26 heavy (non-hydrogen) atoms. The first-order valence-electron chi connectivity index (χ1n) is 8.25. The number of nitrogens with one attached hydrogen (secondary N) is 1. The molecule has 3 rings (SSSR count). The van der Waals surface area contributed by atoms with Crippen molar-refractivity contribution < 1.29 is 18.0 Å². The van der Waals surface area contributed by atoms with E-state index in [-0.39, 0.29) is 17.3 Å². The first-order chi connectivity index (χ1) is 12.2. The van der Waals surface area contributed by atoms with Crippen molar-refractivity contribution >= 4 is 33.2 Å². The smallest absolute Gasteiger partial charge is 0.255 e. The van der Waals surface area contributed by atoms with Gasteiger partial charge in [-0.1, -0.05) is 25.1 Å². The van der Waals surface area contributed by atoms with E-state index in [0.29, 0.717) is 5.56 Å². The second-order valence-electron chi connectivity index (χ2n) is 6.55. The highest BCUT2D eigenvalue weighted by molar-refractivity contribution is 7.94. The highest BCUT2D eigenvalue weighted by atomic mass is 32.2. The predicted molar refractivity (Wildman–Crippen MR) is 101 cm³/mol. The lowest BCUT2D eigenvalue weighted by Gasteiger charge is -2.16. The summed E-state index contributed by atoms with van der Waals surface area (Å²) in [6.45, 7) is 5.42. The number of aryl methyl sites for hydroxylation is 2. The van der Waals surface area contributed by atoms with Crippen LogP contribution in [0.1, 0.15) is 28.4 Å². The van der Waals surface area contributed by atoms with Crippen molar-refractivity contribution in [1.29, 1.82) is 0 Å². The highest BCUT2D eigenvalue weighted by Gasteiger charge is 2.41. The molecule has 7 heteroatoms. The molecule has 2 aromatic rings. The van der Waals surface area contributed by atoms with Crippen LogP contribution in [-0.4, -0.2) is 26.0 Å². The molecule has 1 aliphatic rings. The number of sulfonamides is 1. The number of para-hydroxylation sites is 1. The van der Waals surface area contributed by atoms with E-state index in [1.807, 2.05) is 32.0 Å². The van der Waals surface area contributed by atoms with Gasteiger partial charge in [-0.15, -0.1) is 0 Å². The van der Waals surface area contributed by atoms with E-state index >= 15 is 0 Å². The third-order valence-corrected chi connectivity index (χ3v) is 6.31. The molecule has 0 aliphatic carbocycles. The molecule has 0 unspecified atom stereocenters. The lowest BCUT2D eigenvalue weighted by atomic mass is 10.1. The number of carbonyl (C=O) groups excluding carboxylic acids is 2. The normalized spacial score (nSPS) is 18.8. The van der Waals surface area contributed by atoms with Crippen LogP contribution >= 0.6 is 0 Å². The summed E-state index contributed by atoms with van der Waals surface area (Å²) in [5, 5.41) is 2.88. The number of benzene rings is 2. The van der Waals surface area contributed by atoms with Crippen molar-refractivity contribution in [1.82, 2.24) is 0 Å². The number of nitrogens with zero attached hydrogens (tertiary/aromatic N) is 1. The van der Waals surface area contributed by atoms with Crippen LogP contribution in [0.5, 0.6) is 0 Å². The van der Waals surface area contributed by atoms with Crippen molar-refractivity contribution in [3.63, 3.8) is 0 Å². The quantitative estimate of drug-likeness (QED) is 0.898. The van der Waals surface area contributed by atoms with Gasteiger partial charge in [0.2, 0.25) is 15.9 Å². The van der Waals surface area contributed by atoms with Crippen LogP contribution in [0.4, 0.5) is 11.4 Å². The maximum absolute atomic E-state index is 12.5. The van der Waals surface area contributed by atoms with Crippen molar-refractivity contribution in [2.75, 3.05) is 15.4 Å². The summed E-state index contributed by atoms with van der Waals surface area (Å²) < 4.78 is 25.1. The Balaban J connectivity index is 1.84. The lowest BCUT2D eigenvalue weighted by Crippen LogP contribution is -2.30. The minimum Gasteiger partial charge on any atom is -0.322 e. The molecule has 0 spiro atoms. The third kappa shape index (κ3) is 3.22. The number of hydrogen-bond donors (Lipinski definition) is 1. The monoisotopic (exact) mass is 372 g/mol. The average molecular weight is 372 g/mol. The van der Waals surface area contributed by atoms with E-state index < -0.39 is 21.8 Å². The fraction of sp³-hybridized carbons (Fsp3) is 0.263. The number of anilines is 2. The molecule has 0 saturated carbocycles. The van der Waals surface area contributed by atoms with Gasteiger partial charge in [-0.25, -0.2) is 12.7 Å². The van der Waals surface area contributed by atoms with Gasteiger partial charge in [-0.2, -0.15) is 0 Å². The lowest BCUT2D eigenvalue weighted by molar-refractivity contribution is -0.119. The Morgan fingerprint density at radius 3 is 2.15 bits per heavy atom. The van der Waals surface area contributed by atoms with E-state index in [2.05, 4.69) is 5.32 Å². The third-order valence-electron chi connectivity index (χ3n) is 4.44. The summed E-state index contributed by atoms with van der Waals surface area (Å²) in [7, 11) is -3.65. The van der Waals surface area contributed by atoms with E-state index in [9.17, 15) is 18.0 Å². The van der Waals surface area contributed by atoms with Crippen molar-refractivity contribution in [2.24, 2.45) is 5.92 Å². The SMILES string of the molecule is Cc1cccc(C)c1NC(=O)c1ccc(N2C(=O)[C@H](C)CS2(=O)=O)cc1. The molecule has 136 valence electrons. The molecule has 1 aliphatic heterocycles. The van der Waals surface area contributed by atoms with Crippen LogP contribution in [0.2, 0.25) is 0 Å². The zero-order valence-corrected chi connectivity index (χ0v) is 15.6. The Kier molecular flexibility index (Phi) is 4.58. The largest absolute Gasteiger partial charge is 0.322 e. The van der Waals surface area contributed by atoms with Gasteiger partial charge >= 0.3 is 0 Å². The Morgan fingerprint density at radius 1 is 1.08 bits per heavy atom. The summed E-state index contributed by atoms with van der Waals surface area (Å²) in [5.41, 5.74) is 3.31. The molecule has 6 nitrogen and oxygen atoms in total. The van der Waals surface area contributed by atoms with Crippen LogP contribution in [0, 0.1) is 19.8 Å². The van der Waals surface area contributed by atoms with Crippen LogP contribution in [0.15, 0.2) is 42.5 Å². The molecule has 0 radical (unpaired) electrons. The minimum atomic E-state index is -3.65. The molecular formula is C19H20N2O4S. The zero-order chi connectivity index (χ0) is 19.1. The van der Waals surface area contributed by atoms with Gasteiger partial charge in [-0.3, -0.25) is 9.59 Å². The maximum Gasteiger partial charge on any atom is 0.255 e. The Bertz CT molecular complexity index is 961. The van der Waals surface area contributed by atoms with Crippen molar-refractivity contribution in [2.45, 2.75) is 20.8 Å². The summed E-state index contributed by atoms with van der Waals surface area (Å²) >= 11 is 0. The van der Waals surface area contributed by atoms with Gasteiger partial charge in [0.15, 0.2) is 0 Å². The zero-order valence-electron chi connectivity index (χ0n) is 14.8. The fourth-order valence-corrected chi connectivity index (χ4v) is 4.85. The van der Waals surface area contributed by atoms with E-state index in [0.717, 1.165) is 21.1 Å². The molecule has 1 atom stereocenters. The molecule has 0 aromatic heterocycles. The molecular weight excluding hydrogens is 352 g/mol. The van der Waals surface area contributed by atoms with Gasteiger partial charge in [0.05, 0.1) is 17.4 Å². The topological polar surface area (TPSA) is 83.6 Å². The molecule has 1 fully saturated rings. The summed E-state index contributed by atoms with van der Waals surface area (Å²) in [5.74, 6) is -1.50. The van der Waals surface area contributed by atoms with Gasteiger partial charge in [-0.05, 0) is 49.2 Å². The fourth-order valence-electron chi connectivity index (χ4n) is 3.03. The summed E-state index contributed by atoms with van der Waals surface area (Å²) in [6, 6.07) is 11.7. The Morgan fingerprint density at radius 2 is 1.65 bits per heavy atom. The highest BCUT2D eigenvalue weighted by Crippen LogP contribution is 2.28. The second-order valence-corrected chi connectivity index (χ2v) is 8.41. The summed E-state index contributed by atoms with van der Waals surface area (Å²) in [4.78, 5) is 24.6. The van der Waals surface area contributed by atoms with E-state index in [1.165, 1.54) is 24.3 Å². The second kappa shape index (κ2) is 6.57. The number of rotatable bonds is 3.